The number of hydrogen-bond acceptors (Lipinski definition) is 6. The summed E-state index contributed by atoms with van der Waals surface area (Å²) >= 11 is 0. The third kappa shape index (κ3) is 3.93. The molecule has 0 bridgehead atoms. The summed E-state index contributed by atoms with van der Waals surface area (Å²) in [7, 11) is 0. The van der Waals surface area contributed by atoms with Crippen molar-refractivity contribution in [1.82, 2.24) is 16.0 Å². The molecule has 1 aromatic rings. The molecule has 6 amide bonds. The molecule has 3 heterocycles. The van der Waals surface area contributed by atoms with Gasteiger partial charge >= 0.3 is 0 Å². The van der Waals surface area contributed by atoms with Crippen molar-refractivity contribution in [1.29, 1.82) is 0 Å². The molecular weight excluding hydrogens is 354 g/mol. The van der Waals surface area contributed by atoms with Crippen LogP contribution < -0.4 is 16.0 Å². The first-order valence-corrected chi connectivity index (χ1v) is 7.61. The van der Waals surface area contributed by atoms with Crippen LogP contribution in [0.2, 0.25) is 0 Å². The summed E-state index contributed by atoms with van der Waals surface area (Å²) in [5, 5.41) is 6.33. The average molecular weight is 365 g/mol. The first kappa shape index (κ1) is 17.7. The zero-order valence-corrected chi connectivity index (χ0v) is 13.6. The lowest BCUT2D eigenvalue weighted by Crippen LogP contribution is -2.22. The van der Waals surface area contributed by atoms with Crippen LogP contribution >= 0.6 is 0 Å². The van der Waals surface area contributed by atoms with E-state index in [0.29, 0.717) is 11.1 Å². The van der Waals surface area contributed by atoms with Gasteiger partial charge in [0.2, 0.25) is 0 Å². The molecule has 9 nitrogen and oxygen atoms in total. The molecule has 0 unspecified atom stereocenters. The highest BCUT2D eigenvalue weighted by molar-refractivity contribution is 6.35. The van der Waals surface area contributed by atoms with Gasteiger partial charge in [0.15, 0.2) is 0 Å². The standard InChI is InChI=1S/C14H8N2O4.C4H3NO2/c17-11-5-9(13(19)15-11)7-2-1-3-8(4-7)10-6-12(18)16-14(10)20;6-3-1-2-4(7)5-3/h1-6H,(H,15,17,19)(H,16,18,20);1-2H,(H,5,6,7). The minimum absolute atomic E-state index is 0.238. The van der Waals surface area contributed by atoms with Crippen molar-refractivity contribution in [2.75, 3.05) is 0 Å². The highest BCUT2D eigenvalue weighted by Gasteiger charge is 2.25. The lowest BCUT2D eigenvalue weighted by atomic mass is 9.99. The summed E-state index contributed by atoms with van der Waals surface area (Å²) in [5.74, 6) is -2.55. The fourth-order valence-corrected chi connectivity index (χ4v) is 2.46. The van der Waals surface area contributed by atoms with Gasteiger partial charge in [-0.1, -0.05) is 18.2 Å². The van der Waals surface area contributed by atoms with Crippen molar-refractivity contribution in [3.63, 3.8) is 0 Å². The smallest absolute Gasteiger partial charge is 0.258 e. The Morgan fingerprint density at radius 3 is 1.30 bits per heavy atom. The number of benzene rings is 1. The molecule has 3 aliphatic rings. The number of imide groups is 3. The zero-order valence-electron chi connectivity index (χ0n) is 13.6. The number of carbonyl (C=O) groups is 6. The van der Waals surface area contributed by atoms with E-state index in [0.717, 1.165) is 0 Å². The molecule has 0 saturated carbocycles. The summed E-state index contributed by atoms with van der Waals surface area (Å²) < 4.78 is 0. The topological polar surface area (TPSA) is 139 Å². The van der Waals surface area contributed by atoms with Crippen molar-refractivity contribution in [3.8, 4) is 0 Å². The molecule has 9 heteroatoms. The van der Waals surface area contributed by atoms with Gasteiger partial charge in [-0.3, -0.25) is 44.7 Å². The lowest BCUT2D eigenvalue weighted by Gasteiger charge is -2.04. The first-order valence-electron chi connectivity index (χ1n) is 7.61. The van der Waals surface area contributed by atoms with E-state index in [1.54, 1.807) is 24.3 Å². The highest BCUT2D eigenvalue weighted by atomic mass is 16.2. The van der Waals surface area contributed by atoms with E-state index in [-0.39, 0.29) is 23.0 Å². The number of carbonyl (C=O) groups excluding carboxylic acids is 6. The maximum Gasteiger partial charge on any atom is 0.258 e. The van der Waals surface area contributed by atoms with Gasteiger partial charge in [0.25, 0.3) is 35.4 Å². The van der Waals surface area contributed by atoms with E-state index in [9.17, 15) is 28.8 Å². The first-order chi connectivity index (χ1) is 12.8. The molecule has 0 fully saturated rings. The SMILES string of the molecule is O=C1C=C(c2cccc(C3=CC(=O)NC3=O)c2)C(=O)N1.O=C1C=CC(=O)N1. The molecule has 0 aromatic heterocycles. The summed E-state index contributed by atoms with van der Waals surface area (Å²) in [6.07, 6.45) is 4.80. The lowest BCUT2D eigenvalue weighted by molar-refractivity contribution is -0.125. The molecule has 134 valence electrons. The minimum Gasteiger partial charge on any atom is -0.289 e. The molecule has 0 spiro atoms. The molecule has 0 saturated heterocycles. The van der Waals surface area contributed by atoms with E-state index in [2.05, 4.69) is 10.6 Å². The summed E-state index contributed by atoms with van der Waals surface area (Å²) in [6.45, 7) is 0. The van der Waals surface area contributed by atoms with Crippen LogP contribution in [0.15, 0.2) is 48.6 Å². The van der Waals surface area contributed by atoms with Crippen LogP contribution in [0.3, 0.4) is 0 Å². The monoisotopic (exact) mass is 365 g/mol. The van der Waals surface area contributed by atoms with Gasteiger partial charge < -0.3 is 0 Å². The molecule has 4 rings (SSSR count). The maximum absolute atomic E-state index is 11.6. The number of nitrogens with one attached hydrogen (secondary N) is 3. The third-order valence-corrected chi connectivity index (χ3v) is 3.63. The highest BCUT2D eigenvalue weighted by Crippen LogP contribution is 2.24. The largest absolute Gasteiger partial charge is 0.289 e. The predicted molar refractivity (Wildman–Crippen MR) is 91.0 cm³/mol. The molecule has 27 heavy (non-hydrogen) atoms. The number of amides is 6. The predicted octanol–water partition coefficient (Wildman–Crippen LogP) is -1.03. The molecule has 3 N–H and O–H groups in total. The van der Waals surface area contributed by atoms with Gasteiger partial charge in [-0.15, -0.1) is 0 Å². The van der Waals surface area contributed by atoms with Gasteiger partial charge in [0.1, 0.15) is 0 Å². The molecule has 0 atom stereocenters. The van der Waals surface area contributed by atoms with Crippen LogP contribution in [0.1, 0.15) is 11.1 Å². The average Bonchev–Trinajstić information content (AvgIpc) is 3.27. The quantitative estimate of drug-likeness (QED) is 0.573. The van der Waals surface area contributed by atoms with Gasteiger partial charge in [-0.2, -0.15) is 0 Å². The van der Waals surface area contributed by atoms with Crippen LogP contribution in [-0.2, 0) is 28.8 Å². The minimum atomic E-state index is -0.479. The Morgan fingerprint density at radius 2 is 1.00 bits per heavy atom. The van der Waals surface area contributed by atoms with Crippen molar-refractivity contribution >= 4 is 46.6 Å². The van der Waals surface area contributed by atoms with Crippen molar-refractivity contribution in [2.24, 2.45) is 0 Å². The van der Waals surface area contributed by atoms with Crippen LogP contribution in [0.4, 0.5) is 0 Å². The number of rotatable bonds is 2. The van der Waals surface area contributed by atoms with Gasteiger partial charge in [0, 0.05) is 24.3 Å². The Kier molecular flexibility index (Phi) is 4.58. The molecule has 0 radical (unpaired) electrons. The van der Waals surface area contributed by atoms with Crippen LogP contribution in [0.25, 0.3) is 11.1 Å². The van der Waals surface area contributed by atoms with E-state index in [4.69, 9.17) is 0 Å². The van der Waals surface area contributed by atoms with Crippen LogP contribution in [0.5, 0.6) is 0 Å². The van der Waals surface area contributed by atoms with Gasteiger partial charge in [-0.25, -0.2) is 0 Å². The Balaban J connectivity index is 0.000000253. The van der Waals surface area contributed by atoms with Crippen LogP contribution in [0, 0.1) is 0 Å². The van der Waals surface area contributed by atoms with Gasteiger partial charge in [-0.05, 0) is 17.2 Å². The Labute approximate surface area is 151 Å². The third-order valence-electron chi connectivity index (χ3n) is 3.63. The second kappa shape index (κ2) is 7.00. The molecular formula is C18H11N3O6. The molecule has 0 aliphatic carbocycles. The van der Waals surface area contributed by atoms with E-state index in [1.807, 2.05) is 5.32 Å². The van der Waals surface area contributed by atoms with Crippen molar-refractivity contribution in [2.45, 2.75) is 0 Å². The summed E-state index contributed by atoms with van der Waals surface area (Å²) in [6, 6.07) is 6.55. The Bertz CT molecular complexity index is 940. The van der Waals surface area contributed by atoms with E-state index >= 15 is 0 Å². The van der Waals surface area contributed by atoms with Crippen molar-refractivity contribution < 1.29 is 28.8 Å². The number of hydrogen-bond donors (Lipinski definition) is 3. The normalized spacial score (nSPS) is 17.8. The fraction of sp³-hybridized carbons (Fsp3) is 0. The Morgan fingerprint density at radius 1 is 0.556 bits per heavy atom. The summed E-state index contributed by atoms with van der Waals surface area (Å²) in [5.41, 5.74) is 1.50. The Hall–Kier alpha value is -4.14. The second-order valence-electron chi connectivity index (χ2n) is 5.52. The zero-order chi connectivity index (χ0) is 19.6. The second-order valence-corrected chi connectivity index (χ2v) is 5.52. The van der Waals surface area contributed by atoms with Gasteiger partial charge in [0.05, 0.1) is 11.1 Å². The maximum atomic E-state index is 11.6. The van der Waals surface area contributed by atoms with Crippen molar-refractivity contribution in [3.05, 3.63) is 59.7 Å². The van der Waals surface area contributed by atoms with E-state index in [1.165, 1.54) is 24.3 Å². The summed E-state index contributed by atoms with van der Waals surface area (Å²) in [4.78, 5) is 65.5. The van der Waals surface area contributed by atoms with Crippen LogP contribution in [-0.4, -0.2) is 35.4 Å². The molecule has 3 aliphatic heterocycles. The van der Waals surface area contributed by atoms with E-state index < -0.39 is 23.6 Å². The fourth-order valence-electron chi connectivity index (χ4n) is 2.46. The molecule has 1 aromatic carbocycles.